The van der Waals surface area contributed by atoms with Gasteiger partial charge in [-0.15, -0.1) is 16.4 Å². The fraction of sp³-hybridized carbons (Fsp3) is 0. The highest BCUT2D eigenvalue weighted by Gasteiger charge is 2.17. The SMILES string of the molecule is O=C(Nc1nnc(-c2cc(Cl)sc2Cl)o1)c1cccc(Cl)c1. The molecule has 3 rings (SSSR count). The Balaban J connectivity index is 1.80. The Bertz CT molecular complexity index is 847. The number of benzene rings is 1. The van der Waals surface area contributed by atoms with Crippen LogP contribution < -0.4 is 5.32 Å². The first-order chi connectivity index (χ1) is 10.5. The maximum Gasteiger partial charge on any atom is 0.322 e. The van der Waals surface area contributed by atoms with Crippen LogP contribution in [0.3, 0.4) is 0 Å². The number of hydrogen-bond donors (Lipinski definition) is 1. The molecule has 0 atom stereocenters. The number of thiophene rings is 1. The minimum atomic E-state index is -0.410. The van der Waals surface area contributed by atoms with E-state index in [4.69, 9.17) is 39.2 Å². The van der Waals surface area contributed by atoms with Gasteiger partial charge < -0.3 is 4.42 Å². The molecular weight excluding hydrogens is 369 g/mol. The van der Waals surface area contributed by atoms with Crippen molar-refractivity contribution in [2.45, 2.75) is 0 Å². The van der Waals surface area contributed by atoms with E-state index < -0.39 is 5.91 Å². The predicted molar refractivity (Wildman–Crippen MR) is 87.0 cm³/mol. The first kappa shape index (κ1) is 15.3. The van der Waals surface area contributed by atoms with Crippen LogP contribution in [0.25, 0.3) is 11.5 Å². The molecule has 22 heavy (non-hydrogen) atoms. The number of aromatic nitrogens is 2. The van der Waals surface area contributed by atoms with Gasteiger partial charge in [0, 0.05) is 10.6 Å². The van der Waals surface area contributed by atoms with Crippen LogP contribution >= 0.6 is 46.1 Å². The molecule has 1 aromatic carbocycles. The highest BCUT2D eigenvalue weighted by atomic mass is 35.5. The first-order valence-electron chi connectivity index (χ1n) is 5.88. The fourth-order valence-electron chi connectivity index (χ4n) is 1.67. The molecule has 0 spiro atoms. The summed E-state index contributed by atoms with van der Waals surface area (Å²) in [4.78, 5) is 12.0. The summed E-state index contributed by atoms with van der Waals surface area (Å²) in [5, 5.41) is 10.5. The van der Waals surface area contributed by atoms with Gasteiger partial charge in [0.05, 0.1) is 9.90 Å². The second kappa shape index (κ2) is 6.26. The monoisotopic (exact) mass is 373 g/mol. The van der Waals surface area contributed by atoms with Crippen molar-refractivity contribution in [1.29, 1.82) is 0 Å². The summed E-state index contributed by atoms with van der Waals surface area (Å²) in [5.74, 6) is -0.235. The summed E-state index contributed by atoms with van der Waals surface area (Å²) < 4.78 is 6.30. The average Bonchev–Trinajstić information content (AvgIpc) is 3.05. The van der Waals surface area contributed by atoms with Crippen molar-refractivity contribution in [3.63, 3.8) is 0 Å². The average molecular weight is 375 g/mol. The summed E-state index contributed by atoms with van der Waals surface area (Å²) in [6.07, 6.45) is 0. The molecule has 0 aliphatic rings. The predicted octanol–water partition coefficient (Wildman–Crippen LogP) is 5.01. The zero-order chi connectivity index (χ0) is 15.7. The summed E-state index contributed by atoms with van der Waals surface area (Å²) in [6.45, 7) is 0. The summed E-state index contributed by atoms with van der Waals surface area (Å²) in [7, 11) is 0. The van der Waals surface area contributed by atoms with Crippen LogP contribution in [0.2, 0.25) is 13.7 Å². The molecular formula is C13H6Cl3N3O2S. The standard InChI is InChI=1S/C13H6Cl3N3O2S/c14-7-3-1-2-6(4-7)11(20)17-13-19-18-12(21-13)8-5-9(15)22-10(8)16/h1-5H,(H,17,19,20). The lowest BCUT2D eigenvalue weighted by atomic mass is 10.2. The lowest BCUT2D eigenvalue weighted by molar-refractivity contribution is 0.102. The molecule has 1 N–H and O–H groups in total. The normalized spacial score (nSPS) is 10.7. The van der Waals surface area contributed by atoms with Gasteiger partial charge in [0.25, 0.3) is 11.8 Å². The molecule has 1 amide bonds. The van der Waals surface area contributed by atoms with Crippen LogP contribution in [0.15, 0.2) is 34.7 Å². The Labute approximate surface area is 143 Å². The molecule has 9 heteroatoms. The number of rotatable bonds is 3. The molecule has 0 unspecified atom stereocenters. The van der Waals surface area contributed by atoms with Gasteiger partial charge in [-0.2, -0.15) is 0 Å². The molecule has 5 nitrogen and oxygen atoms in total. The summed E-state index contributed by atoms with van der Waals surface area (Å²) in [6, 6.07) is 8.07. The van der Waals surface area contributed by atoms with Crippen molar-refractivity contribution in [2.24, 2.45) is 0 Å². The number of anilines is 1. The zero-order valence-corrected chi connectivity index (χ0v) is 13.7. The smallest absolute Gasteiger partial charge is 0.322 e. The third-order valence-corrected chi connectivity index (χ3v) is 4.34. The van der Waals surface area contributed by atoms with Crippen LogP contribution in [0.5, 0.6) is 0 Å². The molecule has 0 aliphatic heterocycles. The van der Waals surface area contributed by atoms with E-state index >= 15 is 0 Å². The van der Waals surface area contributed by atoms with Gasteiger partial charge in [-0.1, -0.05) is 46.0 Å². The molecule has 3 aromatic rings. The fourth-order valence-corrected chi connectivity index (χ4v) is 3.31. The highest BCUT2D eigenvalue weighted by molar-refractivity contribution is 7.20. The second-order valence-electron chi connectivity index (χ2n) is 4.11. The zero-order valence-electron chi connectivity index (χ0n) is 10.6. The Morgan fingerprint density at radius 2 is 2.00 bits per heavy atom. The van der Waals surface area contributed by atoms with Crippen molar-refractivity contribution in [3.8, 4) is 11.5 Å². The largest absolute Gasteiger partial charge is 0.403 e. The molecule has 0 radical (unpaired) electrons. The van der Waals surface area contributed by atoms with E-state index in [0.29, 0.717) is 24.8 Å². The van der Waals surface area contributed by atoms with Crippen molar-refractivity contribution in [2.75, 3.05) is 5.32 Å². The quantitative estimate of drug-likeness (QED) is 0.699. The van der Waals surface area contributed by atoms with Gasteiger partial charge >= 0.3 is 6.01 Å². The maximum atomic E-state index is 12.0. The molecule has 2 heterocycles. The number of amides is 1. The number of hydrogen-bond acceptors (Lipinski definition) is 5. The second-order valence-corrected chi connectivity index (χ2v) is 6.84. The van der Waals surface area contributed by atoms with E-state index in [1.165, 1.54) is 17.4 Å². The van der Waals surface area contributed by atoms with E-state index in [1.807, 2.05) is 0 Å². The minimum absolute atomic E-state index is 0.0432. The molecule has 112 valence electrons. The number of carbonyl (C=O) groups excluding carboxylic acids is 1. The maximum absolute atomic E-state index is 12.0. The third kappa shape index (κ3) is 3.25. The van der Waals surface area contributed by atoms with Crippen molar-refractivity contribution < 1.29 is 9.21 Å². The number of nitrogens with zero attached hydrogens (tertiary/aromatic N) is 2. The highest BCUT2D eigenvalue weighted by Crippen LogP contribution is 2.37. The molecule has 2 aromatic heterocycles. The van der Waals surface area contributed by atoms with E-state index in [2.05, 4.69) is 15.5 Å². The van der Waals surface area contributed by atoms with Gasteiger partial charge in [-0.05, 0) is 24.3 Å². The Hall–Kier alpha value is -1.60. The number of nitrogens with one attached hydrogen (secondary N) is 1. The molecule has 0 bridgehead atoms. The van der Waals surface area contributed by atoms with Gasteiger partial charge in [-0.25, -0.2) is 0 Å². The van der Waals surface area contributed by atoms with Crippen LogP contribution in [-0.2, 0) is 0 Å². The number of carbonyl (C=O) groups is 1. The molecule has 0 saturated heterocycles. The van der Waals surface area contributed by atoms with E-state index in [9.17, 15) is 4.79 Å². The third-order valence-electron chi connectivity index (χ3n) is 2.62. The van der Waals surface area contributed by atoms with Crippen LogP contribution in [0.1, 0.15) is 10.4 Å². The van der Waals surface area contributed by atoms with E-state index in [-0.39, 0.29) is 11.9 Å². The summed E-state index contributed by atoms with van der Waals surface area (Å²) in [5.41, 5.74) is 0.899. The molecule has 0 fully saturated rings. The Kier molecular flexibility index (Phi) is 4.35. The van der Waals surface area contributed by atoms with E-state index in [0.717, 1.165) is 0 Å². The topological polar surface area (TPSA) is 68.0 Å². The lowest BCUT2D eigenvalue weighted by Gasteiger charge is -2.00. The minimum Gasteiger partial charge on any atom is -0.403 e. The van der Waals surface area contributed by atoms with E-state index in [1.54, 1.807) is 24.3 Å². The lowest BCUT2D eigenvalue weighted by Crippen LogP contribution is -2.11. The van der Waals surface area contributed by atoms with Gasteiger partial charge in [-0.3, -0.25) is 10.1 Å². The van der Waals surface area contributed by atoms with Crippen molar-refractivity contribution in [1.82, 2.24) is 10.2 Å². The van der Waals surface area contributed by atoms with Crippen molar-refractivity contribution >= 4 is 58.1 Å². The Morgan fingerprint density at radius 3 is 2.68 bits per heavy atom. The number of halogens is 3. The molecule has 0 saturated carbocycles. The van der Waals surface area contributed by atoms with Crippen molar-refractivity contribution in [3.05, 3.63) is 49.6 Å². The molecule has 0 aliphatic carbocycles. The van der Waals surface area contributed by atoms with Crippen LogP contribution in [0, 0.1) is 0 Å². The van der Waals surface area contributed by atoms with Gasteiger partial charge in [0.1, 0.15) is 4.34 Å². The summed E-state index contributed by atoms with van der Waals surface area (Å²) >= 11 is 18.9. The van der Waals surface area contributed by atoms with Crippen LogP contribution in [-0.4, -0.2) is 16.1 Å². The Morgan fingerprint density at radius 1 is 1.18 bits per heavy atom. The first-order valence-corrected chi connectivity index (χ1v) is 7.83. The van der Waals surface area contributed by atoms with Gasteiger partial charge in [0.2, 0.25) is 0 Å². The van der Waals surface area contributed by atoms with Gasteiger partial charge in [0.15, 0.2) is 0 Å². The van der Waals surface area contributed by atoms with Crippen LogP contribution in [0.4, 0.5) is 6.01 Å².